The Kier molecular flexibility index (Phi) is 11.2. The van der Waals surface area contributed by atoms with Crippen LogP contribution in [0.1, 0.15) is 42.5 Å². The highest BCUT2D eigenvalue weighted by atomic mass is 35.5. The second-order valence-electron chi connectivity index (χ2n) is 9.51. The largest absolute Gasteiger partial charge is 0.490 e. The molecule has 36 heavy (non-hydrogen) atoms. The summed E-state index contributed by atoms with van der Waals surface area (Å²) in [7, 11) is 0. The Labute approximate surface area is 228 Å². The molecule has 0 radical (unpaired) electrons. The van der Waals surface area contributed by atoms with E-state index < -0.39 is 38.4 Å². The van der Waals surface area contributed by atoms with Crippen molar-refractivity contribution in [2.24, 2.45) is 23.7 Å². The van der Waals surface area contributed by atoms with Gasteiger partial charge in [0.15, 0.2) is 0 Å². The number of nitrogens with zero attached hydrogens (tertiary/aromatic N) is 1. The average molecular weight is 608 g/mol. The number of carboxylic acid groups (broad SMARTS) is 2. The molecule has 0 unspecified atom stereocenters. The normalized spacial score (nSPS) is 31.9. The molecule has 2 saturated carbocycles. The highest BCUT2D eigenvalue weighted by Crippen LogP contribution is 2.65. The molecule has 2 aliphatic heterocycles. The molecule has 212 valence electrons. The lowest BCUT2D eigenvalue weighted by Crippen LogP contribution is -2.42. The van der Waals surface area contributed by atoms with Gasteiger partial charge in [0.1, 0.15) is 20.3 Å². The fourth-order valence-corrected chi connectivity index (χ4v) is 6.01. The number of halogens is 7. The van der Waals surface area contributed by atoms with Crippen molar-refractivity contribution in [2.75, 3.05) is 13.1 Å². The summed E-state index contributed by atoms with van der Waals surface area (Å²) in [5, 5.41) is 18.6. The smallest absolute Gasteiger partial charge is 0.480 e. The number of carboxylic acids is 2. The summed E-state index contributed by atoms with van der Waals surface area (Å²) in [6.45, 7) is 8.78. The summed E-state index contributed by atoms with van der Waals surface area (Å²) in [6, 6.07) is -0.482. The Balaban J connectivity index is 0.000000538. The summed E-state index contributed by atoms with van der Waals surface area (Å²) in [5.74, 6) is -3.18. The van der Waals surface area contributed by atoms with Gasteiger partial charge in [0.2, 0.25) is 0 Å². The lowest BCUT2D eigenvalue weighted by molar-refractivity contribution is -0.192. The number of amides is 1. The zero-order valence-corrected chi connectivity index (χ0v) is 21.5. The first-order valence-corrected chi connectivity index (χ1v) is 11.7. The lowest BCUT2D eigenvalue weighted by Gasteiger charge is -2.30. The van der Waals surface area contributed by atoms with Crippen LogP contribution < -0.4 is 5.32 Å². The third kappa shape index (κ3) is 7.58. The first-order chi connectivity index (χ1) is 15.1. The van der Waals surface area contributed by atoms with Gasteiger partial charge in [0.25, 0.3) is 0 Å². The maximum absolute atomic E-state index is 11.9. The van der Waals surface area contributed by atoms with Crippen LogP contribution in [0.15, 0.2) is 0 Å². The predicted molar refractivity (Wildman–Crippen MR) is 132 cm³/mol. The van der Waals surface area contributed by atoms with Crippen molar-refractivity contribution < 1.29 is 42.5 Å². The molecule has 2 heterocycles. The van der Waals surface area contributed by atoms with Crippen LogP contribution in [0.5, 0.6) is 0 Å². The highest BCUT2D eigenvalue weighted by molar-refractivity contribution is 6.52. The zero-order chi connectivity index (χ0) is 26.6. The minimum Gasteiger partial charge on any atom is -0.480 e. The predicted octanol–water partition coefficient (Wildman–Crippen LogP) is 5.41. The van der Waals surface area contributed by atoms with E-state index in [4.69, 9.17) is 66.1 Å². The van der Waals surface area contributed by atoms with E-state index in [0.29, 0.717) is 13.1 Å². The Morgan fingerprint density at radius 3 is 1.67 bits per heavy atom. The van der Waals surface area contributed by atoms with Gasteiger partial charge >= 0.3 is 24.2 Å². The number of likely N-dealkylation sites (tertiary alicyclic amines) is 1. The molecule has 0 aromatic rings. The number of rotatable bonds is 1. The molecule has 3 N–H and O–H groups in total. The standard InChI is InChI=1S/C11H17Cl2NO2.C6H7Cl2NO2.C2HF3O2.2CH4/c1-6-8-7(11(8,12)13)5-14(6)9(15)16-10(2,3)4;7-6(8)2-1-9-4(3(2)6)5(10)11;3-2(4,5)1(6)7;;/h6-8H,5H2,1-4H3;2-4,9H,1H2,(H,10,11);(H,6,7);2*1H4/t6-,7+,8-;2-,3-,4-;;;/m10.../s1. The monoisotopic (exact) mass is 606 g/mol. The van der Waals surface area contributed by atoms with E-state index >= 15 is 0 Å². The van der Waals surface area contributed by atoms with Crippen LogP contribution in [-0.4, -0.2) is 78.8 Å². The molecule has 6 atom stereocenters. The molecule has 0 spiro atoms. The van der Waals surface area contributed by atoms with Crippen LogP contribution in [0.4, 0.5) is 18.0 Å². The fraction of sp³-hybridized carbons (Fsp3) is 0.857. The van der Waals surface area contributed by atoms with E-state index in [-0.39, 0.29) is 50.7 Å². The number of ether oxygens (including phenoxy) is 1. The van der Waals surface area contributed by atoms with Gasteiger partial charge in [-0.1, -0.05) is 14.9 Å². The lowest BCUT2D eigenvalue weighted by atomic mass is 10.2. The number of carbonyl (C=O) groups is 3. The Morgan fingerprint density at radius 1 is 0.972 bits per heavy atom. The Bertz CT molecular complexity index is 837. The summed E-state index contributed by atoms with van der Waals surface area (Å²) in [4.78, 5) is 33.0. The molecule has 1 amide bonds. The van der Waals surface area contributed by atoms with Gasteiger partial charge in [0.05, 0.1) is 0 Å². The number of nitrogens with one attached hydrogen (secondary N) is 1. The Morgan fingerprint density at radius 2 is 1.42 bits per heavy atom. The minimum absolute atomic E-state index is 0. The third-order valence-electron chi connectivity index (χ3n) is 5.98. The number of aliphatic carboxylic acids is 2. The molecule has 2 aliphatic carbocycles. The number of carbonyl (C=O) groups excluding carboxylic acids is 1. The second kappa shape index (κ2) is 11.5. The molecule has 4 fully saturated rings. The maximum atomic E-state index is 11.9. The van der Waals surface area contributed by atoms with E-state index in [1.54, 1.807) is 4.90 Å². The maximum Gasteiger partial charge on any atom is 0.490 e. The van der Waals surface area contributed by atoms with Gasteiger partial charge in [-0.3, -0.25) is 4.79 Å². The average Bonchev–Trinajstić information content (AvgIpc) is 3.14. The first-order valence-electron chi connectivity index (χ1n) is 10.2. The molecule has 8 nitrogen and oxygen atoms in total. The van der Waals surface area contributed by atoms with Gasteiger partial charge in [-0.25, -0.2) is 9.59 Å². The summed E-state index contributed by atoms with van der Waals surface area (Å²) < 4.78 is 35.7. The topological polar surface area (TPSA) is 116 Å². The molecule has 4 aliphatic rings. The molecule has 0 aromatic heterocycles. The van der Waals surface area contributed by atoms with Crippen LogP contribution in [0, 0.1) is 23.7 Å². The van der Waals surface area contributed by atoms with Crippen molar-refractivity contribution >= 4 is 64.4 Å². The van der Waals surface area contributed by atoms with E-state index in [2.05, 4.69) is 5.32 Å². The SMILES string of the molecule is C.C.C[C@@H]1[C@@H]2[C@H](CN1C(=O)OC(C)(C)C)C2(Cl)Cl.O=C(O)C(F)(F)F.O=C(O)[C@H]1NC[C@H]2[C@@H]1C2(Cl)Cl. The zero-order valence-electron chi connectivity index (χ0n) is 18.5. The van der Waals surface area contributed by atoms with Gasteiger partial charge in [-0.15, -0.1) is 46.4 Å². The summed E-state index contributed by atoms with van der Waals surface area (Å²) in [6.07, 6.45) is -5.35. The van der Waals surface area contributed by atoms with Gasteiger partial charge in [0, 0.05) is 42.8 Å². The van der Waals surface area contributed by atoms with Crippen LogP contribution in [0.25, 0.3) is 0 Å². The van der Waals surface area contributed by atoms with Crippen molar-refractivity contribution in [2.45, 2.75) is 75.1 Å². The third-order valence-corrected chi connectivity index (χ3v) is 8.11. The van der Waals surface area contributed by atoms with Crippen molar-refractivity contribution in [3.8, 4) is 0 Å². The first kappa shape index (κ1) is 35.1. The van der Waals surface area contributed by atoms with Crippen molar-refractivity contribution in [1.29, 1.82) is 0 Å². The molecule has 15 heteroatoms. The van der Waals surface area contributed by atoms with Gasteiger partial charge < -0.3 is 25.2 Å². The highest BCUT2D eigenvalue weighted by Gasteiger charge is 2.71. The molecular weight excluding hydrogens is 575 g/mol. The van der Waals surface area contributed by atoms with E-state index in [1.807, 2.05) is 27.7 Å². The van der Waals surface area contributed by atoms with Crippen LogP contribution in [0.2, 0.25) is 0 Å². The molecule has 0 aromatic carbocycles. The molecule has 0 bridgehead atoms. The number of alkyl halides is 7. The summed E-state index contributed by atoms with van der Waals surface area (Å²) in [5.41, 5.74) is -0.456. The van der Waals surface area contributed by atoms with Gasteiger partial charge in [-0.2, -0.15) is 13.2 Å². The van der Waals surface area contributed by atoms with Crippen molar-refractivity contribution in [3.05, 3.63) is 0 Å². The van der Waals surface area contributed by atoms with Crippen molar-refractivity contribution in [1.82, 2.24) is 10.2 Å². The number of fused-ring (bicyclic) bond motifs is 2. The van der Waals surface area contributed by atoms with E-state index in [9.17, 15) is 22.8 Å². The van der Waals surface area contributed by atoms with E-state index in [1.165, 1.54) is 0 Å². The molecule has 2 saturated heterocycles. The number of hydrogen-bond acceptors (Lipinski definition) is 5. The minimum atomic E-state index is -5.08. The molecule has 4 rings (SSSR count). The van der Waals surface area contributed by atoms with Gasteiger partial charge in [-0.05, 0) is 27.7 Å². The molecular formula is C21H33Cl4F3N2O6. The van der Waals surface area contributed by atoms with Crippen molar-refractivity contribution in [3.63, 3.8) is 0 Å². The van der Waals surface area contributed by atoms with Crippen LogP contribution in [0.3, 0.4) is 0 Å². The van der Waals surface area contributed by atoms with Crippen LogP contribution in [-0.2, 0) is 14.3 Å². The summed E-state index contributed by atoms with van der Waals surface area (Å²) >= 11 is 23.8. The number of piperidine rings is 2. The Hall–Kier alpha value is -0.880. The quantitative estimate of drug-likeness (QED) is 0.341. The van der Waals surface area contributed by atoms with E-state index in [0.717, 1.165) is 0 Å². The second-order valence-corrected chi connectivity index (χ2v) is 12.4. The number of hydrogen-bond donors (Lipinski definition) is 3. The van der Waals surface area contributed by atoms with Crippen LogP contribution >= 0.6 is 46.4 Å². The fourth-order valence-electron chi connectivity index (χ4n) is 4.20.